The van der Waals surface area contributed by atoms with Crippen molar-refractivity contribution in [1.29, 1.82) is 0 Å². The molecule has 0 spiro atoms. The first kappa shape index (κ1) is 14.1. The van der Waals surface area contributed by atoms with Crippen LogP contribution in [0.15, 0.2) is 42.7 Å². The fourth-order valence-electron chi connectivity index (χ4n) is 3.74. The van der Waals surface area contributed by atoms with Gasteiger partial charge in [0.15, 0.2) is 0 Å². The lowest BCUT2D eigenvalue weighted by Gasteiger charge is -2.18. The molecule has 0 aliphatic carbocycles. The summed E-state index contributed by atoms with van der Waals surface area (Å²) in [6, 6.07) is 10.1. The van der Waals surface area contributed by atoms with Crippen LogP contribution in [0.25, 0.3) is 11.1 Å². The molecule has 4 rings (SSSR count). The van der Waals surface area contributed by atoms with Crippen LogP contribution in [-0.2, 0) is 0 Å². The van der Waals surface area contributed by atoms with Crippen LogP contribution in [0.2, 0.25) is 0 Å². The van der Waals surface area contributed by atoms with Crippen molar-refractivity contribution in [3.8, 4) is 16.9 Å². The maximum Gasteiger partial charge on any atom is 0.407 e. The topological polar surface area (TPSA) is 62.7 Å². The van der Waals surface area contributed by atoms with Crippen molar-refractivity contribution in [1.82, 2.24) is 9.88 Å². The number of nitrogens with zero attached hydrogens (tertiary/aromatic N) is 2. The van der Waals surface area contributed by atoms with Crippen molar-refractivity contribution in [2.45, 2.75) is 12.3 Å². The molecule has 2 atom stereocenters. The van der Waals surface area contributed by atoms with Gasteiger partial charge in [0, 0.05) is 42.5 Å². The van der Waals surface area contributed by atoms with E-state index in [4.69, 9.17) is 4.74 Å². The first-order valence-electron chi connectivity index (χ1n) is 7.88. The van der Waals surface area contributed by atoms with Crippen LogP contribution in [0.4, 0.5) is 4.79 Å². The minimum Gasteiger partial charge on any atom is -0.493 e. The molecule has 0 radical (unpaired) electrons. The number of likely N-dealkylation sites (tertiary alicyclic amines) is 1. The number of ether oxygens (including phenoxy) is 1. The number of rotatable bonds is 1. The summed E-state index contributed by atoms with van der Waals surface area (Å²) < 4.78 is 6.07. The number of amides is 1. The molecule has 23 heavy (non-hydrogen) atoms. The van der Waals surface area contributed by atoms with Gasteiger partial charge >= 0.3 is 6.09 Å². The van der Waals surface area contributed by atoms with E-state index >= 15 is 0 Å². The van der Waals surface area contributed by atoms with Gasteiger partial charge in [0.05, 0.1) is 6.61 Å². The van der Waals surface area contributed by atoms with Crippen LogP contribution >= 0.6 is 0 Å². The molecule has 2 aliphatic heterocycles. The summed E-state index contributed by atoms with van der Waals surface area (Å²) in [7, 11) is 0. The highest BCUT2D eigenvalue weighted by Gasteiger charge is 2.39. The lowest BCUT2D eigenvalue weighted by Crippen LogP contribution is -2.27. The molecule has 118 valence electrons. The minimum atomic E-state index is -0.830. The van der Waals surface area contributed by atoms with Crippen molar-refractivity contribution in [3.63, 3.8) is 0 Å². The van der Waals surface area contributed by atoms with E-state index in [1.807, 2.05) is 30.5 Å². The van der Waals surface area contributed by atoms with Gasteiger partial charge in [0.1, 0.15) is 5.75 Å². The quantitative estimate of drug-likeness (QED) is 0.878. The lowest BCUT2D eigenvalue weighted by atomic mass is 9.86. The summed E-state index contributed by atoms with van der Waals surface area (Å²) >= 11 is 0. The predicted molar refractivity (Wildman–Crippen MR) is 85.6 cm³/mol. The van der Waals surface area contributed by atoms with Gasteiger partial charge in [-0.1, -0.05) is 24.3 Å². The maximum absolute atomic E-state index is 11.3. The summed E-state index contributed by atoms with van der Waals surface area (Å²) in [5.41, 5.74) is 3.18. The molecular formula is C18H18N2O3. The third-order valence-corrected chi connectivity index (χ3v) is 4.86. The van der Waals surface area contributed by atoms with Crippen LogP contribution in [-0.4, -0.2) is 40.8 Å². The van der Waals surface area contributed by atoms with E-state index in [1.165, 1.54) is 4.90 Å². The van der Waals surface area contributed by atoms with Gasteiger partial charge in [-0.05, 0) is 24.0 Å². The van der Waals surface area contributed by atoms with Crippen LogP contribution in [0, 0.1) is 5.92 Å². The van der Waals surface area contributed by atoms with Gasteiger partial charge in [0.25, 0.3) is 0 Å². The van der Waals surface area contributed by atoms with E-state index in [9.17, 15) is 9.90 Å². The number of aromatic nitrogens is 1. The van der Waals surface area contributed by atoms with E-state index in [1.54, 1.807) is 6.20 Å². The number of carboxylic acid groups (broad SMARTS) is 1. The Morgan fingerprint density at radius 2 is 2.17 bits per heavy atom. The summed E-state index contributed by atoms with van der Waals surface area (Å²) in [4.78, 5) is 17.0. The third kappa shape index (κ3) is 2.42. The van der Waals surface area contributed by atoms with E-state index in [-0.39, 0.29) is 5.92 Å². The molecule has 1 aromatic carbocycles. The molecule has 1 saturated heterocycles. The van der Waals surface area contributed by atoms with E-state index < -0.39 is 6.09 Å². The number of para-hydroxylation sites is 1. The van der Waals surface area contributed by atoms with E-state index in [0.717, 1.165) is 28.9 Å². The molecule has 1 aromatic heterocycles. The van der Waals surface area contributed by atoms with E-state index in [2.05, 4.69) is 11.1 Å². The summed E-state index contributed by atoms with van der Waals surface area (Å²) in [6.07, 6.45) is 3.64. The maximum atomic E-state index is 11.3. The highest BCUT2D eigenvalue weighted by atomic mass is 16.5. The van der Waals surface area contributed by atoms with Crippen molar-refractivity contribution in [3.05, 3.63) is 48.3 Å². The smallest absolute Gasteiger partial charge is 0.407 e. The van der Waals surface area contributed by atoms with Crippen molar-refractivity contribution < 1.29 is 14.6 Å². The third-order valence-electron chi connectivity index (χ3n) is 4.86. The molecule has 1 fully saturated rings. The van der Waals surface area contributed by atoms with Crippen molar-refractivity contribution in [2.24, 2.45) is 5.92 Å². The molecule has 2 aromatic rings. The zero-order valence-electron chi connectivity index (χ0n) is 12.7. The summed E-state index contributed by atoms with van der Waals surface area (Å²) in [5, 5.41) is 9.30. The Morgan fingerprint density at radius 1 is 1.26 bits per heavy atom. The van der Waals surface area contributed by atoms with Gasteiger partial charge in [-0.25, -0.2) is 4.79 Å². The van der Waals surface area contributed by atoms with E-state index in [0.29, 0.717) is 25.6 Å². The second-order valence-corrected chi connectivity index (χ2v) is 6.16. The highest BCUT2D eigenvalue weighted by Crippen LogP contribution is 2.45. The molecule has 0 bridgehead atoms. The number of hydrogen-bond acceptors (Lipinski definition) is 3. The molecular weight excluding hydrogens is 292 g/mol. The fourth-order valence-corrected chi connectivity index (χ4v) is 3.74. The molecule has 5 nitrogen and oxygen atoms in total. The Kier molecular flexibility index (Phi) is 3.41. The Labute approximate surface area is 134 Å². The zero-order chi connectivity index (χ0) is 15.8. The first-order chi connectivity index (χ1) is 11.2. The number of carbonyl (C=O) groups is 1. The van der Waals surface area contributed by atoms with Crippen molar-refractivity contribution in [2.75, 3.05) is 19.7 Å². The average Bonchev–Trinajstić information content (AvgIpc) is 2.92. The monoisotopic (exact) mass is 310 g/mol. The van der Waals surface area contributed by atoms with Gasteiger partial charge in [0.2, 0.25) is 0 Å². The normalized spacial score (nSPS) is 22.7. The second-order valence-electron chi connectivity index (χ2n) is 6.16. The molecule has 0 unspecified atom stereocenters. The predicted octanol–water partition coefficient (Wildman–Crippen LogP) is 3.22. The zero-order valence-corrected chi connectivity index (χ0v) is 12.7. The Hall–Kier alpha value is -2.56. The molecule has 2 aliphatic rings. The lowest BCUT2D eigenvalue weighted by molar-refractivity contribution is 0.152. The van der Waals surface area contributed by atoms with Gasteiger partial charge in [-0.2, -0.15) is 0 Å². The molecule has 0 saturated carbocycles. The Morgan fingerprint density at radius 3 is 2.96 bits per heavy atom. The molecule has 1 N–H and O–H groups in total. The van der Waals surface area contributed by atoms with Crippen LogP contribution in [0.5, 0.6) is 5.75 Å². The van der Waals surface area contributed by atoms with Crippen LogP contribution < -0.4 is 4.74 Å². The average molecular weight is 310 g/mol. The molecule has 1 amide bonds. The standard InChI is InChI=1S/C18H18N2O3/c21-18(22)20-10-13-6-8-23-17-14(12-3-2-7-19-9-12)4-1-5-15(17)16(13)11-20/h1-5,7,9,13,16H,6,8,10-11H2,(H,21,22)/t13-,16-/m1/s1. The van der Waals surface area contributed by atoms with Gasteiger partial charge < -0.3 is 14.7 Å². The Bertz CT molecular complexity index is 732. The number of pyridine rings is 1. The number of benzene rings is 1. The molecule has 3 heterocycles. The first-order valence-corrected chi connectivity index (χ1v) is 7.88. The second kappa shape index (κ2) is 5.57. The number of fused-ring (bicyclic) bond motifs is 3. The van der Waals surface area contributed by atoms with Crippen LogP contribution in [0.3, 0.4) is 0 Å². The summed E-state index contributed by atoms with van der Waals surface area (Å²) in [6.45, 7) is 1.77. The Balaban J connectivity index is 1.78. The number of hydrogen-bond donors (Lipinski definition) is 1. The largest absolute Gasteiger partial charge is 0.493 e. The van der Waals surface area contributed by atoms with Crippen LogP contribution in [0.1, 0.15) is 17.9 Å². The summed E-state index contributed by atoms with van der Waals surface area (Å²) in [5.74, 6) is 1.43. The van der Waals surface area contributed by atoms with Gasteiger partial charge in [-0.3, -0.25) is 4.98 Å². The minimum absolute atomic E-state index is 0.209. The fraction of sp³-hybridized carbons (Fsp3) is 0.333. The molecule has 5 heteroatoms. The SMILES string of the molecule is O=C(O)N1C[C@H]2CCOc3c(-c4cccnc4)cccc3[C@@H]2C1. The highest BCUT2D eigenvalue weighted by molar-refractivity contribution is 5.72. The van der Waals surface area contributed by atoms with Crippen molar-refractivity contribution >= 4 is 6.09 Å². The van der Waals surface area contributed by atoms with Gasteiger partial charge in [-0.15, -0.1) is 0 Å².